The quantitative estimate of drug-likeness (QED) is 0.696. The highest BCUT2D eigenvalue weighted by atomic mass is 16.5. The van der Waals surface area contributed by atoms with Gasteiger partial charge in [-0.25, -0.2) is 0 Å². The minimum Gasteiger partial charge on any atom is -0.379 e. The Bertz CT molecular complexity index is 190. The predicted molar refractivity (Wildman–Crippen MR) is 68.9 cm³/mol. The van der Waals surface area contributed by atoms with Gasteiger partial charge in [0, 0.05) is 26.3 Å². The second-order valence-corrected chi connectivity index (χ2v) is 5.64. The fraction of sp³-hybridized carbons (Fsp3) is 1.00. The van der Waals surface area contributed by atoms with Gasteiger partial charge in [0.05, 0.1) is 11.2 Å². The van der Waals surface area contributed by atoms with Gasteiger partial charge in [0.2, 0.25) is 0 Å². The smallest absolute Gasteiger partial charge is 0.0750 e. The third-order valence-corrected chi connectivity index (χ3v) is 2.76. The standard InChI is InChI=1S/C13H29NO2/c1-8-16-13(5,6)10-14-11(2)9-12(3,4)15-7/h11,14H,8-10H2,1-7H3. The van der Waals surface area contributed by atoms with E-state index in [0.29, 0.717) is 6.04 Å². The molecule has 0 rings (SSSR count). The number of nitrogens with one attached hydrogen (secondary N) is 1. The van der Waals surface area contributed by atoms with Gasteiger partial charge in [-0.1, -0.05) is 0 Å². The van der Waals surface area contributed by atoms with Crippen molar-refractivity contribution in [1.29, 1.82) is 0 Å². The summed E-state index contributed by atoms with van der Waals surface area (Å²) in [6.07, 6.45) is 0.992. The summed E-state index contributed by atoms with van der Waals surface area (Å²) >= 11 is 0. The molecule has 1 atom stereocenters. The molecule has 0 bridgehead atoms. The Balaban J connectivity index is 3.93. The molecule has 0 spiro atoms. The Morgan fingerprint density at radius 3 is 2.12 bits per heavy atom. The summed E-state index contributed by atoms with van der Waals surface area (Å²) in [7, 11) is 1.76. The van der Waals surface area contributed by atoms with Gasteiger partial charge in [0.1, 0.15) is 0 Å². The maximum atomic E-state index is 5.64. The van der Waals surface area contributed by atoms with Crippen molar-refractivity contribution < 1.29 is 9.47 Å². The van der Waals surface area contributed by atoms with Gasteiger partial charge in [-0.2, -0.15) is 0 Å². The maximum absolute atomic E-state index is 5.64. The van der Waals surface area contributed by atoms with Crippen molar-refractivity contribution in [2.24, 2.45) is 0 Å². The largest absolute Gasteiger partial charge is 0.379 e. The van der Waals surface area contributed by atoms with Crippen molar-refractivity contribution >= 4 is 0 Å². The highest BCUT2D eigenvalue weighted by Crippen LogP contribution is 2.16. The van der Waals surface area contributed by atoms with E-state index in [9.17, 15) is 0 Å². The van der Waals surface area contributed by atoms with Gasteiger partial charge in [-0.05, 0) is 48.0 Å². The van der Waals surface area contributed by atoms with Crippen molar-refractivity contribution in [1.82, 2.24) is 5.32 Å². The molecule has 0 saturated carbocycles. The molecule has 0 aliphatic rings. The lowest BCUT2D eigenvalue weighted by Crippen LogP contribution is -2.44. The molecule has 0 aliphatic heterocycles. The Morgan fingerprint density at radius 1 is 1.12 bits per heavy atom. The minimum atomic E-state index is -0.0970. The lowest BCUT2D eigenvalue weighted by atomic mass is 9.99. The van der Waals surface area contributed by atoms with E-state index < -0.39 is 0 Å². The van der Waals surface area contributed by atoms with Crippen LogP contribution in [0.25, 0.3) is 0 Å². The van der Waals surface area contributed by atoms with Crippen LogP contribution < -0.4 is 5.32 Å². The first-order valence-electron chi connectivity index (χ1n) is 6.15. The van der Waals surface area contributed by atoms with Gasteiger partial charge in [0.25, 0.3) is 0 Å². The minimum absolute atomic E-state index is 0.0673. The Labute approximate surface area is 101 Å². The van der Waals surface area contributed by atoms with Crippen LogP contribution in [0.5, 0.6) is 0 Å². The second kappa shape index (κ2) is 6.58. The molecule has 0 amide bonds. The first-order valence-corrected chi connectivity index (χ1v) is 6.15. The molecule has 0 fully saturated rings. The monoisotopic (exact) mass is 231 g/mol. The summed E-state index contributed by atoms with van der Waals surface area (Å²) in [5, 5.41) is 3.49. The van der Waals surface area contributed by atoms with E-state index in [1.807, 2.05) is 6.92 Å². The molecule has 1 N–H and O–H groups in total. The summed E-state index contributed by atoms with van der Waals surface area (Å²) in [6.45, 7) is 14.3. The predicted octanol–water partition coefficient (Wildman–Crippen LogP) is 2.59. The van der Waals surface area contributed by atoms with Crippen LogP contribution in [0.2, 0.25) is 0 Å². The van der Waals surface area contributed by atoms with Gasteiger partial charge in [-0.15, -0.1) is 0 Å². The second-order valence-electron chi connectivity index (χ2n) is 5.64. The summed E-state index contributed by atoms with van der Waals surface area (Å²) in [5.41, 5.74) is -0.164. The average molecular weight is 231 g/mol. The fourth-order valence-corrected chi connectivity index (χ4v) is 1.75. The van der Waals surface area contributed by atoms with Crippen LogP contribution in [0.4, 0.5) is 0 Å². The van der Waals surface area contributed by atoms with Gasteiger partial charge in [0.15, 0.2) is 0 Å². The van der Waals surface area contributed by atoms with Crippen molar-refractivity contribution in [3.8, 4) is 0 Å². The van der Waals surface area contributed by atoms with Crippen molar-refractivity contribution in [3.63, 3.8) is 0 Å². The molecule has 0 aromatic heterocycles. The van der Waals surface area contributed by atoms with Crippen molar-refractivity contribution in [3.05, 3.63) is 0 Å². The zero-order valence-corrected chi connectivity index (χ0v) is 12.0. The third kappa shape index (κ3) is 7.20. The van der Waals surface area contributed by atoms with E-state index in [0.717, 1.165) is 19.6 Å². The number of hydrogen-bond acceptors (Lipinski definition) is 3. The van der Waals surface area contributed by atoms with E-state index in [1.165, 1.54) is 0 Å². The Hall–Kier alpha value is -0.120. The molecule has 3 nitrogen and oxygen atoms in total. The number of methoxy groups -OCH3 is 1. The zero-order chi connectivity index (χ0) is 12.8. The van der Waals surface area contributed by atoms with Crippen LogP contribution in [0.3, 0.4) is 0 Å². The SMILES string of the molecule is CCOC(C)(C)CNC(C)CC(C)(C)OC. The molecule has 0 aromatic carbocycles. The zero-order valence-electron chi connectivity index (χ0n) is 12.0. The molecule has 0 aromatic rings. The summed E-state index contributed by atoms with van der Waals surface area (Å²) in [4.78, 5) is 0. The van der Waals surface area contributed by atoms with E-state index in [1.54, 1.807) is 7.11 Å². The van der Waals surface area contributed by atoms with E-state index in [4.69, 9.17) is 9.47 Å². The van der Waals surface area contributed by atoms with Crippen LogP contribution in [0, 0.1) is 0 Å². The van der Waals surface area contributed by atoms with Crippen molar-refractivity contribution in [2.45, 2.75) is 65.2 Å². The summed E-state index contributed by atoms with van der Waals surface area (Å²) < 4.78 is 11.1. The van der Waals surface area contributed by atoms with E-state index >= 15 is 0 Å². The Kier molecular flexibility index (Phi) is 6.53. The molecule has 0 heterocycles. The maximum Gasteiger partial charge on any atom is 0.0750 e. The molecule has 3 heteroatoms. The first kappa shape index (κ1) is 15.9. The van der Waals surface area contributed by atoms with Gasteiger partial charge < -0.3 is 14.8 Å². The lowest BCUT2D eigenvalue weighted by Gasteiger charge is -2.31. The highest BCUT2D eigenvalue weighted by molar-refractivity contribution is 4.79. The number of rotatable bonds is 8. The molecule has 1 unspecified atom stereocenters. The highest BCUT2D eigenvalue weighted by Gasteiger charge is 2.22. The molecule has 0 aliphatic carbocycles. The molecule has 98 valence electrons. The topological polar surface area (TPSA) is 30.5 Å². The fourth-order valence-electron chi connectivity index (χ4n) is 1.75. The molecular weight excluding hydrogens is 202 g/mol. The number of hydrogen-bond donors (Lipinski definition) is 1. The summed E-state index contributed by atoms with van der Waals surface area (Å²) in [6, 6.07) is 0.426. The lowest BCUT2D eigenvalue weighted by molar-refractivity contribution is -0.0173. The summed E-state index contributed by atoms with van der Waals surface area (Å²) in [5.74, 6) is 0. The first-order chi connectivity index (χ1) is 7.22. The van der Waals surface area contributed by atoms with Gasteiger partial charge in [-0.3, -0.25) is 0 Å². The average Bonchev–Trinajstić information content (AvgIpc) is 2.14. The third-order valence-electron chi connectivity index (χ3n) is 2.76. The van der Waals surface area contributed by atoms with Crippen molar-refractivity contribution in [2.75, 3.05) is 20.3 Å². The van der Waals surface area contributed by atoms with Crippen LogP contribution in [0.15, 0.2) is 0 Å². The Morgan fingerprint density at radius 2 is 1.69 bits per heavy atom. The van der Waals surface area contributed by atoms with E-state index in [-0.39, 0.29) is 11.2 Å². The van der Waals surface area contributed by atoms with E-state index in [2.05, 4.69) is 39.9 Å². The van der Waals surface area contributed by atoms with Crippen LogP contribution in [0.1, 0.15) is 48.0 Å². The van der Waals surface area contributed by atoms with Gasteiger partial charge >= 0.3 is 0 Å². The molecule has 0 saturated heterocycles. The van der Waals surface area contributed by atoms with Crippen LogP contribution >= 0.6 is 0 Å². The molecule has 0 radical (unpaired) electrons. The molecule has 16 heavy (non-hydrogen) atoms. The van der Waals surface area contributed by atoms with Crippen LogP contribution in [-0.4, -0.2) is 37.5 Å². The normalized spacial score (nSPS) is 15.2. The molecular formula is C13H29NO2. The van der Waals surface area contributed by atoms with Crippen LogP contribution in [-0.2, 0) is 9.47 Å². The number of ether oxygens (including phenoxy) is 2.